The first-order chi connectivity index (χ1) is 7.12. The van der Waals surface area contributed by atoms with Crippen molar-refractivity contribution in [2.24, 2.45) is 0 Å². The lowest BCUT2D eigenvalue weighted by Gasteiger charge is -2.21. The highest BCUT2D eigenvalue weighted by Gasteiger charge is 2.27. The number of hydrogen-bond acceptors (Lipinski definition) is 4. The van der Waals surface area contributed by atoms with Gasteiger partial charge in [-0.05, 0) is 13.8 Å². The summed E-state index contributed by atoms with van der Waals surface area (Å²) in [4.78, 5) is 1.16. The minimum absolute atomic E-state index is 0. The van der Waals surface area contributed by atoms with Crippen LogP contribution in [0.3, 0.4) is 0 Å². The van der Waals surface area contributed by atoms with Gasteiger partial charge in [0, 0.05) is 0 Å². The monoisotopic (exact) mass is 308 g/mol. The Balaban J connectivity index is 0. The molecule has 0 atom stereocenters. The maximum Gasteiger partial charge on any atom is 0.224 e. The summed E-state index contributed by atoms with van der Waals surface area (Å²) < 4.78 is 45.8. The molecule has 0 amide bonds. The summed E-state index contributed by atoms with van der Waals surface area (Å²) in [5.74, 6) is 0. The fourth-order valence-electron chi connectivity index (χ4n) is 1.43. The lowest BCUT2D eigenvalue weighted by molar-refractivity contribution is -0.895. The Hall–Kier alpha value is 0.110. The molecule has 0 bridgehead atoms. The van der Waals surface area contributed by atoms with Gasteiger partial charge < -0.3 is 17.3 Å². The Morgan fingerprint density at radius 1 is 0.941 bits per heavy atom. The van der Waals surface area contributed by atoms with Crippen LogP contribution in [0.5, 0.6) is 0 Å². The molecule has 0 aromatic carbocycles. The van der Waals surface area contributed by atoms with Crippen LogP contribution in [0.1, 0.15) is 13.8 Å². The van der Waals surface area contributed by atoms with Gasteiger partial charge in [0.15, 0.2) is 0 Å². The number of hydrogen-bond donors (Lipinski definition) is 1. The molecule has 0 saturated carbocycles. The number of quaternary nitrogens is 1. The molecule has 0 saturated heterocycles. The van der Waals surface area contributed by atoms with Crippen molar-refractivity contribution in [1.82, 2.24) is 3.71 Å². The Kier molecular flexibility index (Phi) is 8.61. The Bertz CT molecular complexity index is 371. The molecule has 0 heterocycles. The second kappa shape index (κ2) is 7.52. The molecule has 0 radical (unpaired) electrons. The Labute approximate surface area is 110 Å². The van der Waals surface area contributed by atoms with Crippen LogP contribution in [0, 0.1) is 0 Å². The van der Waals surface area contributed by atoms with Crippen molar-refractivity contribution in [3.8, 4) is 0 Å². The molecule has 0 aliphatic rings. The first kappa shape index (κ1) is 19.4. The van der Waals surface area contributed by atoms with Gasteiger partial charge >= 0.3 is 0 Å². The van der Waals surface area contributed by atoms with Gasteiger partial charge in [0.1, 0.15) is 0 Å². The number of halogens is 1. The molecular weight excluding hydrogens is 288 g/mol. The number of sulfonamides is 2. The minimum atomic E-state index is -3.70. The largest absolute Gasteiger partial charge is 1.00 e. The van der Waals surface area contributed by atoms with Crippen molar-refractivity contribution >= 4 is 20.0 Å². The molecule has 0 unspecified atom stereocenters. The van der Waals surface area contributed by atoms with Crippen LogP contribution in [0.4, 0.5) is 0 Å². The van der Waals surface area contributed by atoms with E-state index in [0.29, 0.717) is 10.3 Å². The molecule has 0 aliphatic heterocycles. The van der Waals surface area contributed by atoms with Gasteiger partial charge in [0.25, 0.3) is 0 Å². The number of nitrogens with zero attached hydrogens (tertiary/aromatic N) is 1. The fraction of sp³-hybridized carbons (Fsp3) is 1.00. The van der Waals surface area contributed by atoms with E-state index in [9.17, 15) is 16.8 Å². The zero-order chi connectivity index (χ0) is 13.0. The van der Waals surface area contributed by atoms with Gasteiger partial charge in [0.05, 0.1) is 38.7 Å². The fourth-order valence-corrected chi connectivity index (χ4v) is 4.24. The molecule has 106 valence electrons. The summed E-state index contributed by atoms with van der Waals surface area (Å²) >= 11 is 0. The third-order valence-corrected chi connectivity index (χ3v) is 5.86. The molecule has 9 heteroatoms. The smallest absolute Gasteiger partial charge is 0.224 e. The molecule has 6 nitrogen and oxygen atoms in total. The zero-order valence-corrected chi connectivity index (χ0v) is 13.0. The lowest BCUT2D eigenvalue weighted by Crippen LogP contribution is -3.12. The highest BCUT2D eigenvalue weighted by atomic mass is 35.5. The molecule has 0 fully saturated rings. The van der Waals surface area contributed by atoms with Crippen molar-refractivity contribution in [2.75, 3.05) is 38.7 Å². The van der Waals surface area contributed by atoms with E-state index in [1.54, 1.807) is 0 Å². The molecule has 17 heavy (non-hydrogen) atoms. The molecule has 0 aromatic heterocycles. The van der Waals surface area contributed by atoms with E-state index in [1.807, 2.05) is 13.8 Å². The third-order valence-electron chi connectivity index (χ3n) is 2.39. The van der Waals surface area contributed by atoms with Gasteiger partial charge in [0.2, 0.25) is 20.0 Å². The zero-order valence-electron chi connectivity index (χ0n) is 10.6. The quantitative estimate of drug-likeness (QED) is 0.512. The number of likely N-dealkylation sites (N-methyl/N-ethyl adjacent to an activating group) is 1. The van der Waals surface area contributed by atoms with E-state index in [2.05, 4.69) is 0 Å². The number of nitrogens with one attached hydrogen (secondary N) is 1. The Morgan fingerprint density at radius 3 is 1.53 bits per heavy atom. The van der Waals surface area contributed by atoms with E-state index in [1.165, 1.54) is 0 Å². The third kappa shape index (κ3) is 7.20. The van der Waals surface area contributed by atoms with Gasteiger partial charge in [-0.25, -0.2) is 16.8 Å². The minimum Gasteiger partial charge on any atom is -1.00 e. The molecule has 0 spiro atoms. The average Bonchev–Trinajstić information content (AvgIpc) is 2.08. The van der Waals surface area contributed by atoms with Crippen molar-refractivity contribution < 1.29 is 34.1 Å². The first-order valence-corrected chi connectivity index (χ1v) is 8.84. The first-order valence-electron chi connectivity index (χ1n) is 5.14. The summed E-state index contributed by atoms with van der Waals surface area (Å²) in [5, 5.41) is 0. The van der Waals surface area contributed by atoms with Gasteiger partial charge in [-0.2, -0.15) is 0 Å². The number of rotatable bonds is 7. The second-order valence-corrected chi connectivity index (χ2v) is 7.77. The lowest BCUT2D eigenvalue weighted by atomic mass is 10.5. The second-order valence-electron chi connectivity index (χ2n) is 3.73. The summed E-state index contributed by atoms with van der Waals surface area (Å²) in [6.45, 7) is 6.14. The van der Waals surface area contributed by atoms with Crippen molar-refractivity contribution in [3.05, 3.63) is 0 Å². The van der Waals surface area contributed by atoms with Crippen LogP contribution < -0.4 is 17.3 Å². The van der Waals surface area contributed by atoms with Crippen molar-refractivity contribution in [1.29, 1.82) is 0 Å². The molecule has 0 rings (SSSR count). The van der Waals surface area contributed by atoms with Gasteiger partial charge in [-0.15, -0.1) is 0 Å². The predicted octanol–water partition coefficient (Wildman–Crippen LogP) is -4.86. The summed E-state index contributed by atoms with van der Waals surface area (Å²) in [6.07, 6.45) is 1.82. The van der Waals surface area contributed by atoms with Crippen LogP contribution in [0.15, 0.2) is 0 Å². The summed E-state index contributed by atoms with van der Waals surface area (Å²) in [5.41, 5.74) is 0. The maximum absolute atomic E-state index is 11.3. The van der Waals surface area contributed by atoms with Crippen molar-refractivity contribution in [2.45, 2.75) is 13.8 Å². The Morgan fingerprint density at radius 2 is 1.29 bits per heavy atom. The van der Waals surface area contributed by atoms with E-state index < -0.39 is 20.0 Å². The van der Waals surface area contributed by atoms with Crippen molar-refractivity contribution in [3.63, 3.8) is 0 Å². The van der Waals surface area contributed by atoms with Gasteiger partial charge in [-0.1, -0.05) is 3.71 Å². The summed E-state index contributed by atoms with van der Waals surface area (Å²) in [7, 11) is -7.41. The van der Waals surface area contributed by atoms with Crippen LogP contribution in [0.25, 0.3) is 0 Å². The van der Waals surface area contributed by atoms with Crippen LogP contribution in [-0.2, 0) is 20.0 Å². The molecule has 0 aliphatic carbocycles. The van der Waals surface area contributed by atoms with E-state index in [0.717, 1.165) is 30.5 Å². The molecule has 0 aromatic rings. The van der Waals surface area contributed by atoms with Crippen LogP contribution >= 0.6 is 0 Å². The standard InChI is InChI=1S/C8H20N2O4S2.ClH/c1-5-9(6-2)7-8-10(15(3,11)12)16(4,13)14;/h5-8H2,1-4H3;1H. The highest BCUT2D eigenvalue weighted by Crippen LogP contribution is 2.03. The maximum atomic E-state index is 11.3. The topological polar surface area (TPSA) is 76.0 Å². The van der Waals surface area contributed by atoms with Crippen LogP contribution in [-0.4, -0.2) is 59.2 Å². The SMILES string of the molecule is CC[NH+](CC)CCN(S(C)(=O)=O)S(C)(=O)=O.[Cl-]. The normalized spacial score (nSPS) is 12.8. The molecular formula is C8H21ClN2O4S2. The van der Waals surface area contributed by atoms with E-state index in [4.69, 9.17) is 0 Å². The van der Waals surface area contributed by atoms with Gasteiger partial charge in [-0.3, -0.25) is 0 Å². The molecule has 1 N–H and O–H groups in total. The average molecular weight is 309 g/mol. The van der Waals surface area contributed by atoms with E-state index in [-0.39, 0.29) is 19.0 Å². The van der Waals surface area contributed by atoms with Crippen LogP contribution in [0.2, 0.25) is 0 Å². The van der Waals surface area contributed by atoms with E-state index >= 15 is 0 Å². The summed E-state index contributed by atoms with van der Waals surface area (Å²) in [6, 6.07) is 0. The predicted molar refractivity (Wildman–Crippen MR) is 63.3 cm³/mol. The highest BCUT2D eigenvalue weighted by molar-refractivity contribution is 8.03.